The van der Waals surface area contributed by atoms with Crippen molar-refractivity contribution in [2.24, 2.45) is 0 Å². The highest BCUT2D eigenvalue weighted by atomic mass is 35.5. The summed E-state index contributed by atoms with van der Waals surface area (Å²) < 4.78 is 5.43. The van der Waals surface area contributed by atoms with Crippen LogP contribution in [0.4, 0.5) is 5.69 Å². The van der Waals surface area contributed by atoms with Crippen molar-refractivity contribution in [2.75, 3.05) is 11.9 Å². The molecule has 0 bridgehead atoms. The van der Waals surface area contributed by atoms with E-state index in [0.29, 0.717) is 39.0 Å². The summed E-state index contributed by atoms with van der Waals surface area (Å²) in [5.41, 5.74) is 2.60. The first-order chi connectivity index (χ1) is 19.8. The largest absolute Gasteiger partial charge is 0.494 e. The minimum atomic E-state index is -0.574. The summed E-state index contributed by atoms with van der Waals surface area (Å²) >= 11 is 12.3. The average molecular weight is 585 g/mol. The van der Waals surface area contributed by atoms with Crippen LogP contribution in [0.5, 0.6) is 5.75 Å². The van der Waals surface area contributed by atoms with E-state index in [0.717, 1.165) is 11.3 Å². The molecule has 206 valence electrons. The first-order valence-corrected chi connectivity index (χ1v) is 13.5. The van der Waals surface area contributed by atoms with Gasteiger partial charge in [-0.05, 0) is 90.9 Å². The van der Waals surface area contributed by atoms with Crippen molar-refractivity contribution in [3.8, 4) is 5.75 Å². The Kier molecular flexibility index (Phi) is 10.1. The Morgan fingerprint density at radius 3 is 2.20 bits per heavy atom. The Morgan fingerprint density at radius 1 is 0.829 bits per heavy atom. The predicted octanol–water partition coefficient (Wildman–Crippen LogP) is 7.70. The molecule has 4 aromatic carbocycles. The molecule has 4 aromatic rings. The molecular weight excluding hydrogens is 559 g/mol. The van der Waals surface area contributed by atoms with Gasteiger partial charge < -0.3 is 15.4 Å². The molecule has 0 fully saturated rings. The lowest BCUT2D eigenvalue weighted by Crippen LogP contribution is -2.30. The van der Waals surface area contributed by atoms with Gasteiger partial charge in [-0.15, -0.1) is 0 Å². The Bertz CT molecular complexity index is 1600. The molecule has 0 radical (unpaired) electrons. The van der Waals surface area contributed by atoms with Crippen LogP contribution in [-0.2, 0) is 4.79 Å². The molecule has 0 aliphatic rings. The summed E-state index contributed by atoms with van der Waals surface area (Å²) in [5.74, 6) is -0.459. The first kappa shape index (κ1) is 29.3. The number of halogens is 2. The van der Waals surface area contributed by atoms with E-state index in [1.165, 1.54) is 12.2 Å². The molecule has 41 heavy (non-hydrogen) atoms. The summed E-state index contributed by atoms with van der Waals surface area (Å²) in [5, 5.41) is 6.18. The third-order valence-corrected chi connectivity index (χ3v) is 6.40. The summed E-state index contributed by atoms with van der Waals surface area (Å²) in [6.45, 7) is 2.50. The highest BCUT2D eigenvalue weighted by molar-refractivity contribution is 6.35. The van der Waals surface area contributed by atoms with Crippen molar-refractivity contribution in [3.63, 3.8) is 0 Å². The number of carbonyl (C=O) groups excluding carboxylic acids is 3. The summed E-state index contributed by atoms with van der Waals surface area (Å²) in [7, 11) is 0. The van der Waals surface area contributed by atoms with Gasteiger partial charge in [0.2, 0.25) is 0 Å². The molecular formula is C33H26Cl2N2O4. The maximum Gasteiger partial charge on any atom is 0.272 e. The summed E-state index contributed by atoms with van der Waals surface area (Å²) in [6, 6.07) is 27.2. The lowest BCUT2D eigenvalue weighted by atomic mass is 10.1. The topological polar surface area (TPSA) is 84.5 Å². The van der Waals surface area contributed by atoms with Crippen molar-refractivity contribution in [3.05, 3.63) is 141 Å². The van der Waals surface area contributed by atoms with E-state index in [1.54, 1.807) is 78.9 Å². The van der Waals surface area contributed by atoms with Gasteiger partial charge in [-0.25, -0.2) is 0 Å². The van der Waals surface area contributed by atoms with E-state index in [9.17, 15) is 14.4 Å². The SMILES string of the molecule is CCOc1ccc(/C=C/C(=O)c2ccc(NC(=O)/C(=C/c3ccc(Cl)cc3Cl)NC(=O)c3ccccc3)cc2)cc1. The van der Waals surface area contributed by atoms with Crippen molar-refractivity contribution >= 4 is 58.6 Å². The number of nitrogens with one attached hydrogen (secondary N) is 2. The minimum absolute atomic E-state index is 0.0264. The maximum atomic E-state index is 13.3. The molecule has 2 N–H and O–H groups in total. The molecule has 0 atom stereocenters. The van der Waals surface area contributed by atoms with Gasteiger partial charge in [0, 0.05) is 26.9 Å². The van der Waals surface area contributed by atoms with Gasteiger partial charge >= 0.3 is 0 Å². The molecule has 2 amide bonds. The highest BCUT2D eigenvalue weighted by Gasteiger charge is 2.16. The van der Waals surface area contributed by atoms with Gasteiger partial charge in [0.15, 0.2) is 5.78 Å². The normalized spacial score (nSPS) is 11.2. The molecule has 0 spiro atoms. The van der Waals surface area contributed by atoms with E-state index in [-0.39, 0.29) is 11.5 Å². The molecule has 4 rings (SSSR count). The number of carbonyl (C=O) groups is 3. The fourth-order valence-corrected chi connectivity index (χ4v) is 4.21. The van der Waals surface area contributed by atoms with Gasteiger partial charge in [0.05, 0.1) is 6.61 Å². The zero-order valence-corrected chi connectivity index (χ0v) is 23.6. The standard InChI is InChI=1S/C33H26Cl2N2O4/c1-2-41-28-17-8-22(9-18-28)10-19-31(38)23-12-15-27(16-13-23)36-33(40)30(20-25-11-14-26(34)21-29(25)35)37-32(39)24-6-4-3-5-7-24/h3-21H,2H2,1H3,(H,36,40)(H,37,39)/b19-10+,30-20-. The molecule has 0 aliphatic heterocycles. The monoisotopic (exact) mass is 584 g/mol. The van der Waals surface area contributed by atoms with Gasteiger partial charge in [-0.2, -0.15) is 0 Å². The zero-order valence-electron chi connectivity index (χ0n) is 22.1. The van der Waals surface area contributed by atoms with Crippen LogP contribution in [-0.4, -0.2) is 24.2 Å². The van der Waals surface area contributed by atoms with Crippen LogP contribution >= 0.6 is 23.2 Å². The van der Waals surface area contributed by atoms with Crippen LogP contribution in [0.3, 0.4) is 0 Å². The van der Waals surface area contributed by atoms with Gasteiger partial charge in [0.1, 0.15) is 11.4 Å². The second-order valence-corrected chi connectivity index (χ2v) is 9.62. The number of allylic oxidation sites excluding steroid dienone is 1. The van der Waals surface area contributed by atoms with Crippen LogP contribution in [0, 0.1) is 0 Å². The predicted molar refractivity (Wildman–Crippen MR) is 164 cm³/mol. The van der Waals surface area contributed by atoms with Crippen molar-refractivity contribution < 1.29 is 19.1 Å². The molecule has 0 saturated carbocycles. The fraction of sp³-hybridized carbons (Fsp3) is 0.0606. The summed E-state index contributed by atoms with van der Waals surface area (Å²) in [6.07, 6.45) is 4.68. The molecule has 6 nitrogen and oxygen atoms in total. The van der Waals surface area contributed by atoms with E-state index in [2.05, 4.69) is 10.6 Å². The first-order valence-electron chi connectivity index (χ1n) is 12.7. The van der Waals surface area contributed by atoms with Crippen LogP contribution in [0.25, 0.3) is 12.2 Å². The summed E-state index contributed by atoms with van der Waals surface area (Å²) in [4.78, 5) is 38.8. The number of hydrogen-bond acceptors (Lipinski definition) is 4. The lowest BCUT2D eigenvalue weighted by molar-refractivity contribution is -0.113. The fourth-order valence-electron chi connectivity index (χ4n) is 3.74. The molecule has 8 heteroatoms. The van der Waals surface area contributed by atoms with E-state index >= 15 is 0 Å². The maximum absolute atomic E-state index is 13.3. The van der Waals surface area contributed by atoms with Gasteiger partial charge in [0.25, 0.3) is 11.8 Å². The second-order valence-electron chi connectivity index (χ2n) is 8.78. The number of ether oxygens (including phenoxy) is 1. The number of hydrogen-bond donors (Lipinski definition) is 2. The van der Waals surface area contributed by atoms with Crippen LogP contribution in [0.15, 0.2) is 109 Å². The highest BCUT2D eigenvalue weighted by Crippen LogP contribution is 2.23. The van der Waals surface area contributed by atoms with Crippen LogP contribution < -0.4 is 15.4 Å². The van der Waals surface area contributed by atoms with Crippen molar-refractivity contribution in [1.82, 2.24) is 5.32 Å². The molecule has 0 aromatic heterocycles. The van der Waals surface area contributed by atoms with Gasteiger partial charge in [-0.1, -0.05) is 65.7 Å². The van der Waals surface area contributed by atoms with Crippen LogP contribution in [0.1, 0.15) is 38.8 Å². The smallest absolute Gasteiger partial charge is 0.272 e. The second kappa shape index (κ2) is 14.1. The van der Waals surface area contributed by atoms with E-state index in [1.807, 2.05) is 31.2 Å². The third kappa shape index (κ3) is 8.42. The minimum Gasteiger partial charge on any atom is -0.494 e. The average Bonchev–Trinajstić information content (AvgIpc) is 2.98. The van der Waals surface area contributed by atoms with E-state index in [4.69, 9.17) is 27.9 Å². The molecule has 0 aliphatic carbocycles. The Hall–Kier alpha value is -4.65. The molecule has 0 saturated heterocycles. The van der Waals surface area contributed by atoms with Crippen molar-refractivity contribution in [1.29, 1.82) is 0 Å². The van der Waals surface area contributed by atoms with E-state index < -0.39 is 11.8 Å². The number of amides is 2. The Labute approximate surface area is 248 Å². The van der Waals surface area contributed by atoms with Gasteiger partial charge in [-0.3, -0.25) is 14.4 Å². The number of anilines is 1. The Balaban J connectivity index is 1.48. The van der Waals surface area contributed by atoms with Crippen LogP contribution in [0.2, 0.25) is 10.0 Å². The molecule has 0 unspecified atom stereocenters. The third-order valence-electron chi connectivity index (χ3n) is 5.84. The number of benzene rings is 4. The lowest BCUT2D eigenvalue weighted by Gasteiger charge is -2.12. The Morgan fingerprint density at radius 2 is 1.54 bits per heavy atom. The number of ketones is 1. The molecule has 0 heterocycles. The van der Waals surface area contributed by atoms with Crippen molar-refractivity contribution in [2.45, 2.75) is 6.92 Å². The number of rotatable bonds is 10. The quantitative estimate of drug-likeness (QED) is 0.148. The zero-order chi connectivity index (χ0) is 29.2.